The van der Waals surface area contributed by atoms with Crippen LogP contribution in [0.3, 0.4) is 0 Å². The molecule has 0 amide bonds. The highest BCUT2D eigenvalue weighted by molar-refractivity contribution is 4.88. The van der Waals surface area contributed by atoms with E-state index in [0.29, 0.717) is 0 Å². The molecule has 0 bridgehead atoms. The van der Waals surface area contributed by atoms with Gasteiger partial charge in [-0.15, -0.1) is 0 Å². The highest BCUT2D eigenvalue weighted by Crippen LogP contribution is 2.37. The summed E-state index contributed by atoms with van der Waals surface area (Å²) < 4.78 is 0. The van der Waals surface area contributed by atoms with E-state index >= 15 is 0 Å². The van der Waals surface area contributed by atoms with E-state index in [4.69, 9.17) is 0 Å². The second-order valence-corrected chi connectivity index (χ2v) is 6.02. The van der Waals surface area contributed by atoms with Crippen molar-refractivity contribution in [3.63, 3.8) is 0 Å². The number of rotatable bonds is 7. The summed E-state index contributed by atoms with van der Waals surface area (Å²) in [6.07, 6.45) is 8.54. The lowest BCUT2D eigenvalue weighted by Crippen LogP contribution is -2.30. The van der Waals surface area contributed by atoms with E-state index in [2.05, 4.69) is 24.1 Å². The van der Waals surface area contributed by atoms with E-state index in [9.17, 15) is 0 Å². The van der Waals surface area contributed by atoms with Crippen molar-refractivity contribution >= 4 is 0 Å². The van der Waals surface area contributed by atoms with Gasteiger partial charge >= 0.3 is 0 Å². The van der Waals surface area contributed by atoms with Gasteiger partial charge in [0, 0.05) is 19.1 Å². The van der Waals surface area contributed by atoms with Crippen LogP contribution < -0.4 is 5.32 Å². The van der Waals surface area contributed by atoms with Gasteiger partial charge in [-0.2, -0.15) is 0 Å². The molecule has 2 heteroatoms. The summed E-state index contributed by atoms with van der Waals surface area (Å²) >= 11 is 0. The SMILES string of the molecule is CCNC(CC)CCCN1CC2CCCC2C1. The molecule has 0 aromatic heterocycles. The molecular weight excluding hydrogens is 208 g/mol. The second kappa shape index (κ2) is 6.75. The smallest absolute Gasteiger partial charge is 0.00647 e. The molecule has 0 aromatic carbocycles. The molecule has 17 heavy (non-hydrogen) atoms. The van der Waals surface area contributed by atoms with Crippen molar-refractivity contribution < 1.29 is 0 Å². The van der Waals surface area contributed by atoms with Gasteiger partial charge in [-0.05, 0) is 57.0 Å². The molecule has 1 aliphatic carbocycles. The lowest BCUT2D eigenvalue weighted by atomic mass is 10.0. The van der Waals surface area contributed by atoms with E-state index in [1.54, 1.807) is 0 Å². The van der Waals surface area contributed by atoms with Gasteiger partial charge in [-0.3, -0.25) is 0 Å². The molecule has 2 nitrogen and oxygen atoms in total. The van der Waals surface area contributed by atoms with Crippen molar-refractivity contribution in [1.82, 2.24) is 10.2 Å². The molecule has 2 rings (SSSR count). The van der Waals surface area contributed by atoms with Crippen LogP contribution in [-0.2, 0) is 0 Å². The summed E-state index contributed by atoms with van der Waals surface area (Å²) in [4.78, 5) is 2.73. The third-order valence-corrected chi connectivity index (χ3v) is 4.81. The Balaban J connectivity index is 1.59. The van der Waals surface area contributed by atoms with Crippen molar-refractivity contribution in [3.05, 3.63) is 0 Å². The largest absolute Gasteiger partial charge is 0.314 e. The zero-order chi connectivity index (χ0) is 12.1. The van der Waals surface area contributed by atoms with Gasteiger partial charge in [0.05, 0.1) is 0 Å². The minimum Gasteiger partial charge on any atom is -0.314 e. The van der Waals surface area contributed by atoms with E-state index in [1.165, 1.54) is 58.2 Å². The summed E-state index contributed by atoms with van der Waals surface area (Å²) in [5, 5.41) is 3.58. The molecule has 3 atom stereocenters. The van der Waals surface area contributed by atoms with Gasteiger partial charge < -0.3 is 10.2 Å². The van der Waals surface area contributed by atoms with Crippen LogP contribution >= 0.6 is 0 Å². The molecule has 1 aliphatic heterocycles. The number of nitrogens with zero attached hydrogens (tertiary/aromatic N) is 1. The van der Waals surface area contributed by atoms with Gasteiger partial charge in [-0.1, -0.05) is 20.3 Å². The van der Waals surface area contributed by atoms with Gasteiger partial charge in [0.15, 0.2) is 0 Å². The summed E-state index contributed by atoms with van der Waals surface area (Å²) in [6, 6.07) is 0.752. The minimum absolute atomic E-state index is 0.752. The van der Waals surface area contributed by atoms with Crippen molar-refractivity contribution in [3.8, 4) is 0 Å². The Labute approximate surface area is 107 Å². The average Bonchev–Trinajstić information content (AvgIpc) is 2.88. The van der Waals surface area contributed by atoms with E-state index in [-0.39, 0.29) is 0 Å². The van der Waals surface area contributed by atoms with Crippen LogP contribution in [0.4, 0.5) is 0 Å². The maximum absolute atomic E-state index is 3.58. The first-order chi connectivity index (χ1) is 8.33. The van der Waals surface area contributed by atoms with Crippen molar-refractivity contribution in [2.75, 3.05) is 26.2 Å². The fourth-order valence-corrected chi connectivity index (χ4v) is 3.82. The van der Waals surface area contributed by atoms with E-state index in [1.807, 2.05) is 0 Å². The lowest BCUT2D eigenvalue weighted by molar-refractivity contribution is 0.295. The Morgan fingerprint density at radius 3 is 2.47 bits per heavy atom. The number of hydrogen-bond donors (Lipinski definition) is 1. The van der Waals surface area contributed by atoms with Crippen molar-refractivity contribution in [2.24, 2.45) is 11.8 Å². The Morgan fingerprint density at radius 1 is 1.18 bits per heavy atom. The Kier molecular flexibility index (Phi) is 5.30. The second-order valence-electron chi connectivity index (χ2n) is 6.02. The number of nitrogens with one attached hydrogen (secondary N) is 1. The molecular formula is C15H30N2. The first-order valence-electron chi connectivity index (χ1n) is 7.79. The Hall–Kier alpha value is -0.0800. The Morgan fingerprint density at radius 2 is 1.88 bits per heavy atom. The number of likely N-dealkylation sites (tertiary alicyclic amines) is 1. The molecule has 0 spiro atoms. The van der Waals surface area contributed by atoms with Crippen LogP contribution in [0.2, 0.25) is 0 Å². The van der Waals surface area contributed by atoms with Crippen LogP contribution in [0.15, 0.2) is 0 Å². The van der Waals surface area contributed by atoms with Crippen LogP contribution in [-0.4, -0.2) is 37.1 Å². The zero-order valence-electron chi connectivity index (χ0n) is 11.8. The third kappa shape index (κ3) is 3.69. The molecule has 1 N–H and O–H groups in total. The molecule has 0 radical (unpaired) electrons. The van der Waals surface area contributed by atoms with Crippen LogP contribution in [0.25, 0.3) is 0 Å². The van der Waals surface area contributed by atoms with Crippen molar-refractivity contribution in [2.45, 2.75) is 58.4 Å². The molecule has 100 valence electrons. The number of fused-ring (bicyclic) bond motifs is 1. The lowest BCUT2D eigenvalue weighted by Gasteiger charge is -2.20. The van der Waals surface area contributed by atoms with Gasteiger partial charge in [-0.25, -0.2) is 0 Å². The predicted molar refractivity (Wildman–Crippen MR) is 74.3 cm³/mol. The van der Waals surface area contributed by atoms with Crippen LogP contribution in [0.1, 0.15) is 52.4 Å². The molecule has 0 aromatic rings. The maximum atomic E-state index is 3.58. The fraction of sp³-hybridized carbons (Fsp3) is 1.00. The highest BCUT2D eigenvalue weighted by atomic mass is 15.2. The van der Waals surface area contributed by atoms with Gasteiger partial charge in [0.2, 0.25) is 0 Å². The summed E-state index contributed by atoms with van der Waals surface area (Å²) in [5.74, 6) is 2.12. The molecule has 1 saturated carbocycles. The van der Waals surface area contributed by atoms with Gasteiger partial charge in [0.25, 0.3) is 0 Å². The third-order valence-electron chi connectivity index (χ3n) is 4.81. The zero-order valence-corrected chi connectivity index (χ0v) is 11.8. The average molecular weight is 238 g/mol. The molecule has 3 unspecified atom stereocenters. The fourth-order valence-electron chi connectivity index (χ4n) is 3.82. The quantitative estimate of drug-likeness (QED) is 0.733. The Bertz CT molecular complexity index is 205. The van der Waals surface area contributed by atoms with Crippen molar-refractivity contribution in [1.29, 1.82) is 0 Å². The molecule has 1 saturated heterocycles. The molecule has 2 aliphatic rings. The topological polar surface area (TPSA) is 15.3 Å². The summed E-state index contributed by atoms with van der Waals surface area (Å²) in [5.41, 5.74) is 0. The normalized spacial score (nSPS) is 30.7. The first-order valence-corrected chi connectivity index (χ1v) is 7.79. The first kappa shape index (κ1) is 13.4. The summed E-state index contributed by atoms with van der Waals surface area (Å²) in [6.45, 7) is 9.78. The molecule has 1 heterocycles. The highest BCUT2D eigenvalue weighted by Gasteiger charge is 2.35. The van der Waals surface area contributed by atoms with Crippen LogP contribution in [0.5, 0.6) is 0 Å². The van der Waals surface area contributed by atoms with E-state index < -0.39 is 0 Å². The van der Waals surface area contributed by atoms with E-state index in [0.717, 1.165) is 24.4 Å². The summed E-state index contributed by atoms with van der Waals surface area (Å²) in [7, 11) is 0. The minimum atomic E-state index is 0.752. The maximum Gasteiger partial charge on any atom is 0.00647 e. The van der Waals surface area contributed by atoms with Gasteiger partial charge in [0.1, 0.15) is 0 Å². The van der Waals surface area contributed by atoms with Crippen LogP contribution in [0, 0.1) is 11.8 Å². The monoisotopic (exact) mass is 238 g/mol. The number of hydrogen-bond acceptors (Lipinski definition) is 2. The standard InChI is InChI=1S/C15H30N2/c1-3-15(16-4-2)9-6-10-17-11-13-7-5-8-14(13)12-17/h13-16H,3-12H2,1-2H3. The predicted octanol–water partition coefficient (Wildman–Crippen LogP) is 2.89. The molecule has 2 fully saturated rings.